The molecule has 5 nitrogen and oxygen atoms in total. The Labute approximate surface area is 131 Å². The summed E-state index contributed by atoms with van der Waals surface area (Å²) in [4.78, 5) is 23.2. The number of carbonyl (C=O) groups excluding carboxylic acids is 1. The number of nitro benzene ring substituents is 1. The van der Waals surface area contributed by atoms with Crippen molar-refractivity contribution in [3.8, 4) is 0 Å². The van der Waals surface area contributed by atoms with E-state index in [1.54, 1.807) is 0 Å². The zero-order chi connectivity index (χ0) is 14.7. The highest BCUT2D eigenvalue weighted by Crippen LogP contribution is 2.24. The largest absolute Gasteiger partial charge is 0.347 e. The molecule has 20 heavy (non-hydrogen) atoms. The van der Waals surface area contributed by atoms with Crippen molar-refractivity contribution in [2.24, 2.45) is 0 Å². The quantitative estimate of drug-likeness (QED) is 0.648. The SMILES string of the molecule is O=C(NCc1ccc(Br)s1)c1ccc(Cl)cc1[N+](=O)[O-]. The molecule has 0 atom stereocenters. The summed E-state index contributed by atoms with van der Waals surface area (Å²) in [6.45, 7) is 0.314. The number of hydrogen-bond donors (Lipinski definition) is 1. The van der Waals surface area contributed by atoms with Crippen LogP contribution >= 0.6 is 38.9 Å². The molecule has 0 aliphatic rings. The zero-order valence-electron chi connectivity index (χ0n) is 9.93. The molecule has 0 radical (unpaired) electrons. The third-order valence-corrected chi connectivity index (χ3v) is 4.31. The minimum Gasteiger partial charge on any atom is -0.347 e. The lowest BCUT2D eigenvalue weighted by Gasteiger charge is -2.05. The van der Waals surface area contributed by atoms with Gasteiger partial charge in [-0.3, -0.25) is 14.9 Å². The van der Waals surface area contributed by atoms with Crippen molar-refractivity contribution in [3.05, 3.63) is 59.7 Å². The van der Waals surface area contributed by atoms with Crippen LogP contribution in [0.25, 0.3) is 0 Å². The second-order valence-corrected chi connectivity index (χ2v) is 6.79. The van der Waals surface area contributed by atoms with Gasteiger partial charge in [-0.1, -0.05) is 11.6 Å². The van der Waals surface area contributed by atoms with Gasteiger partial charge in [0.05, 0.1) is 15.3 Å². The van der Waals surface area contributed by atoms with Crippen LogP contribution in [-0.2, 0) is 6.54 Å². The number of carbonyl (C=O) groups is 1. The molecule has 0 bridgehead atoms. The van der Waals surface area contributed by atoms with Crippen LogP contribution in [-0.4, -0.2) is 10.8 Å². The fourth-order valence-corrected chi connectivity index (χ4v) is 3.15. The maximum Gasteiger partial charge on any atom is 0.283 e. The van der Waals surface area contributed by atoms with Crippen LogP contribution in [0, 0.1) is 10.1 Å². The van der Waals surface area contributed by atoms with Gasteiger partial charge in [0.1, 0.15) is 5.56 Å². The molecule has 2 rings (SSSR count). The number of benzene rings is 1. The first-order chi connectivity index (χ1) is 9.47. The summed E-state index contributed by atoms with van der Waals surface area (Å²) in [5, 5.41) is 13.8. The predicted molar refractivity (Wildman–Crippen MR) is 81.3 cm³/mol. The van der Waals surface area contributed by atoms with Gasteiger partial charge in [-0.15, -0.1) is 11.3 Å². The van der Waals surface area contributed by atoms with Crippen molar-refractivity contribution in [1.82, 2.24) is 5.32 Å². The normalized spacial score (nSPS) is 10.3. The lowest BCUT2D eigenvalue weighted by molar-refractivity contribution is -0.385. The van der Waals surface area contributed by atoms with Crippen molar-refractivity contribution < 1.29 is 9.72 Å². The summed E-state index contributed by atoms with van der Waals surface area (Å²) >= 11 is 10.5. The molecule has 0 aliphatic heterocycles. The zero-order valence-corrected chi connectivity index (χ0v) is 13.1. The minimum absolute atomic E-state index is 0.00461. The van der Waals surface area contributed by atoms with Crippen LogP contribution in [0.4, 0.5) is 5.69 Å². The molecule has 0 spiro atoms. The summed E-state index contributed by atoms with van der Waals surface area (Å²) in [5.74, 6) is -0.502. The highest BCUT2D eigenvalue weighted by atomic mass is 79.9. The molecule has 1 amide bonds. The molecule has 0 saturated heterocycles. The van der Waals surface area contributed by atoms with Gasteiger partial charge >= 0.3 is 0 Å². The second kappa shape index (κ2) is 6.34. The summed E-state index contributed by atoms with van der Waals surface area (Å²) in [5.41, 5.74) is -0.308. The van der Waals surface area contributed by atoms with Crippen LogP contribution in [0.1, 0.15) is 15.2 Å². The number of amides is 1. The van der Waals surface area contributed by atoms with Crippen molar-refractivity contribution in [3.63, 3.8) is 0 Å². The number of nitrogens with one attached hydrogen (secondary N) is 1. The van der Waals surface area contributed by atoms with Gasteiger partial charge in [-0.25, -0.2) is 0 Å². The van der Waals surface area contributed by atoms with Crippen LogP contribution in [0.3, 0.4) is 0 Å². The molecule has 8 heteroatoms. The molecule has 1 aromatic heterocycles. The van der Waals surface area contributed by atoms with Gasteiger partial charge in [0, 0.05) is 16.0 Å². The molecule has 0 aliphatic carbocycles. The van der Waals surface area contributed by atoms with E-state index in [2.05, 4.69) is 21.2 Å². The Hall–Kier alpha value is -1.44. The summed E-state index contributed by atoms with van der Waals surface area (Å²) in [7, 11) is 0. The van der Waals surface area contributed by atoms with E-state index in [-0.39, 0.29) is 16.3 Å². The number of halogens is 2. The second-order valence-electron chi connectivity index (χ2n) is 3.81. The van der Waals surface area contributed by atoms with Gasteiger partial charge in [0.25, 0.3) is 11.6 Å². The van der Waals surface area contributed by atoms with E-state index in [4.69, 9.17) is 11.6 Å². The van der Waals surface area contributed by atoms with Crippen LogP contribution < -0.4 is 5.32 Å². The fourth-order valence-electron chi connectivity index (χ4n) is 1.56. The van der Waals surface area contributed by atoms with Gasteiger partial charge in [0.2, 0.25) is 0 Å². The molecule has 104 valence electrons. The molecular weight excluding hydrogens is 368 g/mol. The molecule has 0 fully saturated rings. The minimum atomic E-state index is -0.622. The Bertz CT molecular complexity index is 674. The number of hydrogen-bond acceptors (Lipinski definition) is 4. The van der Waals surface area contributed by atoms with Crippen LogP contribution in [0.2, 0.25) is 5.02 Å². The molecule has 1 aromatic carbocycles. The maximum atomic E-state index is 12.0. The third-order valence-electron chi connectivity index (χ3n) is 2.45. The maximum absolute atomic E-state index is 12.0. The Morgan fingerprint density at radius 2 is 2.15 bits per heavy atom. The van der Waals surface area contributed by atoms with E-state index in [0.717, 1.165) is 14.7 Å². The predicted octanol–water partition coefficient (Wildman–Crippen LogP) is 4.00. The first-order valence-corrected chi connectivity index (χ1v) is 7.42. The lowest BCUT2D eigenvalue weighted by Crippen LogP contribution is -2.23. The Morgan fingerprint density at radius 3 is 2.75 bits per heavy atom. The van der Waals surface area contributed by atoms with Crippen molar-refractivity contribution >= 4 is 50.5 Å². The van der Waals surface area contributed by atoms with E-state index >= 15 is 0 Å². The third kappa shape index (κ3) is 3.56. The Balaban J connectivity index is 2.15. The highest BCUT2D eigenvalue weighted by Gasteiger charge is 2.20. The van der Waals surface area contributed by atoms with Crippen molar-refractivity contribution in [1.29, 1.82) is 0 Å². The molecule has 1 heterocycles. The standard InChI is InChI=1S/C12H8BrClN2O3S/c13-11-4-2-8(20-11)6-15-12(17)9-3-1-7(14)5-10(9)16(18)19/h1-5H,6H2,(H,15,17). The van der Waals surface area contributed by atoms with E-state index in [1.165, 1.54) is 23.5 Å². The molecule has 0 saturated carbocycles. The summed E-state index contributed by atoms with van der Waals surface area (Å²) in [6.07, 6.45) is 0. The average molecular weight is 376 g/mol. The first-order valence-electron chi connectivity index (χ1n) is 5.43. The van der Waals surface area contributed by atoms with Gasteiger partial charge in [-0.2, -0.15) is 0 Å². The average Bonchev–Trinajstić information content (AvgIpc) is 2.81. The Morgan fingerprint density at radius 1 is 1.40 bits per heavy atom. The Kier molecular flexibility index (Phi) is 4.74. The number of thiophene rings is 1. The first kappa shape index (κ1) is 15.0. The van der Waals surface area contributed by atoms with E-state index in [1.807, 2.05) is 12.1 Å². The van der Waals surface area contributed by atoms with Crippen LogP contribution in [0.15, 0.2) is 34.1 Å². The van der Waals surface area contributed by atoms with Crippen LogP contribution in [0.5, 0.6) is 0 Å². The van der Waals surface area contributed by atoms with E-state index in [9.17, 15) is 14.9 Å². The molecule has 1 N–H and O–H groups in total. The smallest absolute Gasteiger partial charge is 0.283 e. The fraction of sp³-hybridized carbons (Fsp3) is 0.0833. The lowest BCUT2D eigenvalue weighted by atomic mass is 10.1. The topological polar surface area (TPSA) is 72.2 Å². The van der Waals surface area contributed by atoms with Gasteiger partial charge in [-0.05, 0) is 40.2 Å². The number of nitro groups is 1. The van der Waals surface area contributed by atoms with Crippen molar-refractivity contribution in [2.45, 2.75) is 6.54 Å². The van der Waals surface area contributed by atoms with Gasteiger partial charge in [0.15, 0.2) is 0 Å². The summed E-state index contributed by atoms with van der Waals surface area (Å²) in [6, 6.07) is 7.70. The molecule has 0 unspecified atom stereocenters. The van der Waals surface area contributed by atoms with Crippen molar-refractivity contribution in [2.75, 3.05) is 0 Å². The van der Waals surface area contributed by atoms with Gasteiger partial charge < -0.3 is 5.32 Å². The van der Waals surface area contributed by atoms with E-state index < -0.39 is 10.8 Å². The molecular formula is C12H8BrClN2O3S. The number of nitrogens with zero attached hydrogens (tertiary/aromatic N) is 1. The monoisotopic (exact) mass is 374 g/mol. The molecule has 2 aromatic rings. The summed E-state index contributed by atoms with van der Waals surface area (Å²) < 4.78 is 0.958. The number of rotatable bonds is 4. The highest BCUT2D eigenvalue weighted by molar-refractivity contribution is 9.11. The van der Waals surface area contributed by atoms with E-state index in [0.29, 0.717) is 6.54 Å².